The number of nitrogens with one attached hydrogen (secondary N) is 1. The van der Waals surface area contributed by atoms with Crippen LogP contribution in [0.3, 0.4) is 0 Å². The van der Waals surface area contributed by atoms with E-state index < -0.39 is 84.0 Å². The minimum Gasteiger partial charge on any atom is -0.387 e. The summed E-state index contributed by atoms with van der Waals surface area (Å²) in [6.07, 6.45) is -13.6. The predicted molar refractivity (Wildman–Crippen MR) is 175 cm³/mol. The summed E-state index contributed by atoms with van der Waals surface area (Å²) < 4.78 is 61.1. The second-order valence-corrected chi connectivity index (χ2v) is 13.8. The smallest absolute Gasteiger partial charge is 0.297 e. The molecule has 2 heterocycles. The molecule has 0 spiro atoms. The number of ether oxygens (including phenoxy) is 5. The molecule has 50 heavy (non-hydrogen) atoms. The number of benzene rings is 3. The van der Waals surface area contributed by atoms with Gasteiger partial charge in [-0.3, -0.25) is 8.98 Å². The summed E-state index contributed by atoms with van der Waals surface area (Å²) in [6.45, 7) is 2.37. The largest absolute Gasteiger partial charge is 0.387 e. The molecule has 1 amide bonds. The van der Waals surface area contributed by atoms with Crippen LogP contribution in [0.25, 0.3) is 0 Å². The molecule has 0 bridgehead atoms. The van der Waals surface area contributed by atoms with Gasteiger partial charge in [-0.15, -0.1) is 0 Å². The van der Waals surface area contributed by atoms with Gasteiger partial charge in [-0.05, 0) is 30.2 Å². The molecular weight excluding hydrogens is 674 g/mol. The van der Waals surface area contributed by atoms with Crippen molar-refractivity contribution >= 4 is 16.0 Å². The summed E-state index contributed by atoms with van der Waals surface area (Å²) in [5.74, 6) is -0.497. The first-order valence-corrected chi connectivity index (χ1v) is 17.5. The highest BCUT2D eigenvalue weighted by atomic mass is 32.2. The minimum atomic E-state index is -4.29. The molecule has 15 heteroatoms. The Balaban J connectivity index is 1.39. The van der Waals surface area contributed by atoms with E-state index in [1.807, 2.05) is 60.7 Å². The zero-order valence-electron chi connectivity index (χ0n) is 27.6. The fourth-order valence-corrected chi connectivity index (χ4v) is 6.61. The number of carbonyl (C=O) groups is 1. The molecule has 0 saturated carbocycles. The van der Waals surface area contributed by atoms with Gasteiger partial charge in [-0.2, -0.15) is 8.42 Å². The van der Waals surface area contributed by atoms with Crippen LogP contribution in [0.5, 0.6) is 0 Å². The Morgan fingerprint density at radius 2 is 1.38 bits per heavy atom. The highest BCUT2D eigenvalue weighted by Crippen LogP contribution is 2.31. The number of aliphatic hydroxyl groups excluding tert-OH is 4. The zero-order chi connectivity index (χ0) is 35.8. The Kier molecular flexibility index (Phi) is 13.1. The van der Waals surface area contributed by atoms with Crippen LogP contribution in [0, 0.1) is 6.92 Å². The Bertz CT molecular complexity index is 1610. The third kappa shape index (κ3) is 9.71. The van der Waals surface area contributed by atoms with Gasteiger partial charge < -0.3 is 49.4 Å². The summed E-state index contributed by atoms with van der Waals surface area (Å²) in [4.78, 5) is 12.1. The van der Waals surface area contributed by atoms with Crippen LogP contribution in [0.1, 0.15) is 23.6 Å². The van der Waals surface area contributed by atoms with E-state index in [9.17, 15) is 33.6 Å². The van der Waals surface area contributed by atoms with Crippen molar-refractivity contribution in [3.63, 3.8) is 0 Å². The highest BCUT2D eigenvalue weighted by molar-refractivity contribution is 7.86. The molecule has 2 aliphatic heterocycles. The second kappa shape index (κ2) is 17.3. The van der Waals surface area contributed by atoms with Gasteiger partial charge in [0, 0.05) is 6.92 Å². The van der Waals surface area contributed by atoms with Crippen molar-refractivity contribution in [2.75, 3.05) is 13.2 Å². The maximum Gasteiger partial charge on any atom is 0.297 e. The van der Waals surface area contributed by atoms with E-state index in [0.29, 0.717) is 0 Å². The van der Waals surface area contributed by atoms with Crippen LogP contribution in [-0.4, -0.2) is 109 Å². The molecule has 0 unspecified atom stereocenters. The van der Waals surface area contributed by atoms with E-state index in [1.165, 1.54) is 19.1 Å². The van der Waals surface area contributed by atoms with E-state index in [1.54, 1.807) is 19.1 Å². The van der Waals surface area contributed by atoms with Crippen molar-refractivity contribution in [1.29, 1.82) is 0 Å². The van der Waals surface area contributed by atoms with Crippen molar-refractivity contribution in [1.82, 2.24) is 5.32 Å². The highest BCUT2D eigenvalue weighted by Gasteiger charge is 2.52. The Morgan fingerprint density at radius 1 is 0.760 bits per heavy atom. The lowest BCUT2D eigenvalue weighted by Gasteiger charge is -2.47. The quantitative estimate of drug-likeness (QED) is 0.148. The van der Waals surface area contributed by atoms with Crippen LogP contribution >= 0.6 is 0 Å². The maximum absolute atomic E-state index is 12.9. The van der Waals surface area contributed by atoms with Gasteiger partial charge in [0.05, 0.1) is 31.3 Å². The molecule has 5 rings (SSSR count). The maximum atomic E-state index is 12.9. The molecule has 14 nitrogen and oxygen atoms in total. The van der Waals surface area contributed by atoms with Gasteiger partial charge >= 0.3 is 0 Å². The van der Waals surface area contributed by atoms with E-state index >= 15 is 0 Å². The molecule has 3 aromatic carbocycles. The molecule has 272 valence electrons. The minimum absolute atomic E-state index is 0.0223. The molecule has 2 fully saturated rings. The van der Waals surface area contributed by atoms with Crippen molar-refractivity contribution in [3.05, 3.63) is 102 Å². The lowest BCUT2D eigenvalue weighted by molar-refractivity contribution is -0.349. The summed E-state index contributed by atoms with van der Waals surface area (Å²) in [5.41, 5.74) is 2.47. The molecule has 3 aromatic rings. The summed E-state index contributed by atoms with van der Waals surface area (Å²) in [7, 11) is -4.29. The standard InChI is InChI=1S/C35H43NO13S/c1-21-13-15-25(16-14-21)50(42,43)46-20-26-29(38)30(39)31(40)35(48-26)49-32-27(19-44-17-23-9-5-3-6-10-23)47-34(41)28(36-22(2)37)33(32)45-18-24-11-7-4-8-12-24/h3-16,26-35,38-41H,17-20H2,1-2H3,(H,36,37)/t26-,27-,28-,29-,30+,31-,32-,33-,34+,35+/m1/s1. The van der Waals surface area contributed by atoms with Crippen LogP contribution in [-0.2, 0) is 56.0 Å². The normalized spacial score (nSPS) is 30.1. The SMILES string of the molecule is CC(=O)N[C@@H]1[C@@H](OCc2ccccc2)[C@H](O[C@@H]2O[C@H](COS(=O)(=O)c3ccc(C)cc3)[C@@H](O)[C@H](O)[C@H]2O)[C@@H](COCc2ccccc2)O[C@@H]1O. The van der Waals surface area contributed by atoms with Crippen LogP contribution in [0.4, 0.5) is 0 Å². The first-order chi connectivity index (χ1) is 23.9. The molecular formula is C35H43NO13S. The van der Waals surface area contributed by atoms with E-state index in [4.69, 9.17) is 27.9 Å². The Morgan fingerprint density at radius 3 is 2.00 bits per heavy atom. The zero-order valence-corrected chi connectivity index (χ0v) is 28.4. The number of hydrogen-bond donors (Lipinski definition) is 5. The molecule has 5 N–H and O–H groups in total. The predicted octanol–water partition coefficient (Wildman–Crippen LogP) is 0.917. The number of amides is 1. The number of aryl methyl sites for hydroxylation is 1. The third-order valence-electron chi connectivity index (χ3n) is 8.37. The first-order valence-electron chi connectivity index (χ1n) is 16.1. The van der Waals surface area contributed by atoms with Crippen LogP contribution in [0.15, 0.2) is 89.8 Å². The number of rotatable bonds is 14. The summed E-state index contributed by atoms with van der Waals surface area (Å²) in [5, 5.41) is 46.3. The third-order valence-corrected chi connectivity index (χ3v) is 9.67. The molecule has 0 aliphatic carbocycles. The van der Waals surface area contributed by atoms with Crippen molar-refractivity contribution in [3.8, 4) is 0 Å². The Labute approximate surface area is 290 Å². The van der Waals surface area contributed by atoms with Crippen LogP contribution in [0.2, 0.25) is 0 Å². The summed E-state index contributed by atoms with van der Waals surface area (Å²) in [6, 6.07) is 23.2. The fraction of sp³-hybridized carbons (Fsp3) is 0.457. The van der Waals surface area contributed by atoms with Gasteiger partial charge in [-0.25, -0.2) is 0 Å². The summed E-state index contributed by atoms with van der Waals surface area (Å²) >= 11 is 0. The molecule has 10 atom stereocenters. The van der Waals surface area contributed by atoms with Crippen LogP contribution < -0.4 is 5.32 Å². The average Bonchev–Trinajstić information content (AvgIpc) is 3.10. The van der Waals surface area contributed by atoms with Gasteiger partial charge in [0.1, 0.15) is 48.8 Å². The average molecular weight is 718 g/mol. The van der Waals surface area contributed by atoms with E-state index in [-0.39, 0.29) is 24.7 Å². The molecule has 2 aliphatic rings. The van der Waals surface area contributed by atoms with Crippen molar-refractivity contribution < 1.29 is 61.5 Å². The van der Waals surface area contributed by atoms with Gasteiger partial charge in [-0.1, -0.05) is 78.4 Å². The first kappa shape index (κ1) is 37.9. The van der Waals surface area contributed by atoms with Crippen molar-refractivity contribution in [2.45, 2.75) is 93.3 Å². The molecule has 0 aromatic heterocycles. The number of hydrogen-bond acceptors (Lipinski definition) is 13. The number of carbonyl (C=O) groups excluding carboxylic acids is 1. The van der Waals surface area contributed by atoms with Gasteiger partial charge in [0.25, 0.3) is 10.1 Å². The topological polar surface area (TPSA) is 200 Å². The van der Waals surface area contributed by atoms with Crippen molar-refractivity contribution in [2.24, 2.45) is 0 Å². The van der Waals surface area contributed by atoms with Gasteiger partial charge in [0.2, 0.25) is 5.91 Å². The van der Waals surface area contributed by atoms with Gasteiger partial charge in [0.15, 0.2) is 12.6 Å². The molecule has 2 saturated heterocycles. The molecule has 0 radical (unpaired) electrons. The monoisotopic (exact) mass is 717 g/mol. The van der Waals surface area contributed by atoms with E-state index in [0.717, 1.165) is 16.7 Å². The lowest BCUT2D eigenvalue weighted by Crippen LogP contribution is -2.67. The second-order valence-electron chi connectivity index (χ2n) is 12.2. The fourth-order valence-electron chi connectivity index (χ4n) is 5.69. The number of aliphatic hydroxyl groups is 4. The lowest BCUT2D eigenvalue weighted by atomic mass is 9.95. The Hall–Kier alpha value is -3.32. The van der Waals surface area contributed by atoms with E-state index in [2.05, 4.69) is 5.32 Å².